The van der Waals surface area contributed by atoms with E-state index in [1.807, 2.05) is 6.07 Å². The summed E-state index contributed by atoms with van der Waals surface area (Å²) in [7, 11) is 0. The molecule has 2 rings (SSSR count). The molecule has 0 saturated heterocycles. The van der Waals surface area contributed by atoms with Crippen molar-refractivity contribution < 1.29 is 23.9 Å². The van der Waals surface area contributed by atoms with Gasteiger partial charge in [0.2, 0.25) is 0 Å². The number of carbonyl (C=O) groups is 3. The molecule has 2 aromatic rings. The minimum absolute atomic E-state index is 0.0589. The lowest BCUT2D eigenvalue weighted by molar-refractivity contribution is -0.130. The van der Waals surface area contributed by atoms with Crippen LogP contribution in [0.4, 0.5) is 0 Å². The third-order valence-electron chi connectivity index (χ3n) is 3.68. The fourth-order valence-electron chi connectivity index (χ4n) is 2.20. The maximum atomic E-state index is 12.4. The molecule has 140 valence electrons. The van der Waals surface area contributed by atoms with Crippen molar-refractivity contribution in [1.29, 1.82) is 5.26 Å². The van der Waals surface area contributed by atoms with Crippen LogP contribution in [0.5, 0.6) is 11.5 Å². The summed E-state index contributed by atoms with van der Waals surface area (Å²) in [5, 5.41) is 9.24. The Hall–Kier alpha value is -3.98. The van der Waals surface area contributed by atoms with Gasteiger partial charge in [-0.25, -0.2) is 9.59 Å². The van der Waals surface area contributed by atoms with Crippen LogP contribution < -0.4 is 9.47 Å². The zero-order valence-electron chi connectivity index (χ0n) is 15.4. The van der Waals surface area contributed by atoms with Crippen LogP contribution >= 0.6 is 0 Å². The fraction of sp³-hybridized carbons (Fsp3) is 0.0909. The molecule has 6 heteroatoms. The molecule has 0 amide bonds. The highest BCUT2D eigenvalue weighted by molar-refractivity contribution is 5.98. The zero-order chi connectivity index (χ0) is 20.7. The maximum absolute atomic E-state index is 12.4. The number of rotatable bonds is 6. The van der Waals surface area contributed by atoms with Gasteiger partial charge >= 0.3 is 11.9 Å². The van der Waals surface area contributed by atoms with E-state index in [1.54, 1.807) is 19.1 Å². The molecule has 6 nitrogen and oxygen atoms in total. The lowest BCUT2D eigenvalue weighted by atomic mass is 10.1. The molecule has 0 bridgehead atoms. The second-order valence-electron chi connectivity index (χ2n) is 5.77. The number of hydrogen-bond acceptors (Lipinski definition) is 6. The molecule has 0 heterocycles. The van der Waals surface area contributed by atoms with Crippen LogP contribution in [0, 0.1) is 11.3 Å². The summed E-state index contributed by atoms with van der Waals surface area (Å²) in [6.07, 6.45) is 2.95. The van der Waals surface area contributed by atoms with Gasteiger partial charge in [-0.3, -0.25) is 4.79 Å². The lowest BCUT2D eigenvalue weighted by Gasteiger charge is -2.09. The van der Waals surface area contributed by atoms with Crippen LogP contribution in [0.1, 0.15) is 40.1 Å². The number of esters is 2. The molecule has 0 spiro atoms. The van der Waals surface area contributed by atoms with Gasteiger partial charge in [-0.2, -0.15) is 5.26 Å². The standard InChI is InChI=1S/C22H17NO5/c1-4-6-14(2)21(25)27-19-10-9-18(13-23)20(12-19)28-22(26)17-8-5-7-16(11-17)15(3)24/h4-12H,1H2,2-3H3/b14-6+. The Morgan fingerprint density at radius 2 is 1.75 bits per heavy atom. The normalized spacial score (nSPS) is 10.5. The number of hydrogen-bond donors (Lipinski definition) is 0. The van der Waals surface area contributed by atoms with Crippen molar-refractivity contribution in [3.05, 3.63) is 83.5 Å². The van der Waals surface area contributed by atoms with E-state index in [-0.39, 0.29) is 28.4 Å². The van der Waals surface area contributed by atoms with Crippen molar-refractivity contribution in [1.82, 2.24) is 0 Å². The molecule has 0 unspecified atom stereocenters. The third-order valence-corrected chi connectivity index (χ3v) is 3.68. The molecule has 2 aromatic carbocycles. The number of allylic oxidation sites excluding steroid dienone is 2. The van der Waals surface area contributed by atoms with Gasteiger partial charge in [0.1, 0.15) is 11.8 Å². The molecule has 0 saturated carbocycles. The second-order valence-corrected chi connectivity index (χ2v) is 5.77. The quantitative estimate of drug-likeness (QED) is 0.249. The number of ketones is 1. The van der Waals surface area contributed by atoms with E-state index in [4.69, 9.17) is 9.47 Å². The molecular formula is C22H17NO5. The largest absolute Gasteiger partial charge is 0.423 e. The Morgan fingerprint density at radius 3 is 2.39 bits per heavy atom. The highest BCUT2D eigenvalue weighted by Gasteiger charge is 2.15. The van der Waals surface area contributed by atoms with Gasteiger partial charge in [0.25, 0.3) is 0 Å². The van der Waals surface area contributed by atoms with Crippen LogP contribution in [0.15, 0.2) is 66.8 Å². The Labute approximate surface area is 162 Å². The van der Waals surface area contributed by atoms with Gasteiger partial charge in [-0.1, -0.05) is 30.9 Å². The number of nitriles is 1. The van der Waals surface area contributed by atoms with Gasteiger partial charge in [0.05, 0.1) is 11.1 Å². The topological polar surface area (TPSA) is 93.5 Å². The average Bonchev–Trinajstić information content (AvgIpc) is 2.68. The van der Waals surface area contributed by atoms with Crippen molar-refractivity contribution in [3.8, 4) is 17.6 Å². The van der Waals surface area contributed by atoms with Crippen LogP contribution in [0.3, 0.4) is 0 Å². The van der Waals surface area contributed by atoms with Crippen molar-refractivity contribution >= 4 is 17.7 Å². The van der Waals surface area contributed by atoms with Crippen molar-refractivity contribution in [2.24, 2.45) is 0 Å². The minimum Gasteiger partial charge on any atom is -0.423 e. The van der Waals surface area contributed by atoms with E-state index in [0.717, 1.165) is 0 Å². The van der Waals surface area contributed by atoms with Crippen LogP contribution in [-0.2, 0) is 4.79 Å². The van der Waals surface area contributed by atoms with Gasteiger partial charge in [-0.05, 0) is 38.1 Å². The van der Waals surface area contributed by atoms with E-state index in [9.17, 15) is 19.6 Å². The molecule has 28 heavy (non-hydrogen) atoms. The van der Waals surface area contributed by atoms with Crippen molar-refractivity contribution in [3.63, 3.8) is 0 Å². The third kappa shape index (κ3) is 5.02. The van der Waals surface area contributed by atoms with Gasteiger partial charge in [0.15, 0.2) is 11.5 Å². The second kappa shape index (κ2) is 9.10. The van der Waals surface area contributed by atoms with E-state index < -0.39 is 11.9 Å². The summed E-state index contributed by atoms with van der Waals surface area (Å²) in [5.74, 6) is -1.48. The summed E-state index contributed by atoms with van der Waals surface area (Å²) < 4.78 is 10.5. The number of nitrogens with zero attached hydrogens (tertiary/aromatic N) is 1. The Bertz CT molecular complexity index is 1030. The van der Waals surface area contributed by atoms with E-state index in [0.29, 0.717) is 11.1 Å². The molecule has 0 aromatic heterocycles. The molecule has 0 aliphatic carbocycles. The van der Waals surface area contributed by atoms with Crippen molar-refractivity contribution in [2.75, 3.05) is 0 Å². The average molecular weight is 375 g/mol. The Kier molecular flexibility index (Phi) is 6.61. The summed E-state index contributed by atoms with van der Waals surface area (Å²) in [6.45, 7) is 6.46. The first kappa shape index (κ1) is 20.3. The monoisotopic (exact) mass is 375 g/mol. The number of Topliss-reactive ketones (excluding diaryl/α,β-unsaturated/α-hetero) is 1. The van der Waals surface area contributed by atoms with Crippen LogP contribution in [-0.4, -0.2) is 17.7 Å². The smallest absolute Gasteiger partial charge is 0.343 e. The van der Waals surface area contributed by atoms with Crippen LogP contribution in [0.25, 0.3) is 0 Å². The summed E-state index contributed by atoms with van der Waals surface area (Å²) in [5.41, 5.74) is 0.944. The van der Waals surface area contributed by atoms with E-state index in [2.05, 4.69) is 6.58 Å². The molecular weight excluding hydrogens is 358 g/mol. The molecule has 0 N–H and O–H groups in total. The van der Waals surface area contributed by atoms with Crippen molar-refractivity contribution in [2.45, 2.75) is 13.8 Å². The van der Waals surface area contributed by atoms with Gasteiger partial charge < -0.3 is 9.47 Å². The highest BCUT2D eigenvalue weighted by Crippen LogP contribution is 2.26. The zero-order valence-corrected chi connectivity index (χ0v) is 15.4. The molecule has 0 aliphatic heterocycles. The highest BCUT2D eigenvalue weighted by atomic mass is 16.5. The maximum Gasteiger partial charge on any atom is 0.343 e. The van der Waals surface area contributed by atoms with Crippen LogP contribution in [0.2, 0.25) is 0 Å². The molecule has 0 aliphatic rings. The predicted octanol–water partition coefficient (Wildman–Crippen LogP) is 4.02. The summed E-state index contributed by atoms with van der Waals surface area (Å²) >= 11 is 0. The minimum atomic E-state index is -0.745. The predicted molar refractivity (Wildman–Crippen MR) is 102 cm³/mol. The molecule has 0 radical (unpaired) electrons. The number of ether oxygens (including phenoxy) is 2. The first-order valence-electron chi connectivity index (χ1n) is 8.24. The SMILES string of the molecule is C=C/C=C(\C)C(=O)Oc1ccc(C#N)c(OC(=O)c2cccc(C(C)=O)c2)c1. The number of carbonyl (C=O) groups excluding carboxylic acids is 3. The summed E-state index contributed by atoms with van der Waals surface area (Å²) in [6, 6.07) is 12.0. The molecule has 0 fully saturated rings. The first-order valence-corrected chi connectivity index (χ1v) is 8.24. The number of benzene rings is 2. The van der Waals surface area contributed by atoms with Gasteiger partial charge in [-0.15, -0.1) is 0 Å². The lowest BCUT2D eigenvalue weighted by Crippen LogP contribution is -2.12. The van der Waals surface area contributed by atoms with E-state index in [1.165, 1.54) is 49.4 Å². The molecule has 0 atom stereocenters. The van der Waals surface area contributed by atoms with E-state index >= 15 is 0 Å². The Balaban J connectivity index is 2.28. The summed E-state index contributed by atoms with van der Waals surface area (Å²) in [4.78, 5) is 35.9. The fourth-order valence-corrected chi connectivity index (χ4v) is 2.20. The van der Waals surface area contributed by atoms with Gasteiger partial charge in [0, 0.05) is 17.2 Å². The Morgan fingerprint density at radius 1 is 1.04 bits per heavy atom. The first-order chi connectivity index (χ1) is 13.3.